The number of aliphatic hydroxyl groups excluding tert-OH is 1. The number of fused-ring (bicyclic) bond motifs is 3. The number of carbonyl (C=O) groups is 2. The van der Waals surface area contributed by atoms with Crippen molar-refractivity contribution >= 4 is 11.6 Å². The zero-order valence-corrected chi connectivity index (χ0v) is 15.5. The van der Waals surface area contributed by atoms with Crippen LogP contribution >= 0.6 is 0 Å². The zero-order valence-electron chi connectivity index (χ0n) is 15.5. The quantitative estimate of drug-likeness (QED) is 0.766. The van der Waals surface area contributed by atoms with Gasteiger partial charge in [-0.1, -0.05) is 26.8 Å². The summed E-state index contributed by atoms with van der Waals surface area (Å²) in [6, 6.07) is 0. The minimum absolute atomic E-state index is 0.0278. The van der Waals surface area contributed by atoms with Gasteiger partial charge in [0.2, 0.25) is 0 Å². The van der Waals surface area contributed by atoms with E-state index in [0.717, 1.165) is 25.7 Å². The average Bonchev–Trinajstić information content (AvgIpc) is 2.88. The lowest BCUT2D eigenvalue weighted by Gasteiger charge is -2.53. The fourth-order valence-electron chi connectivity index (χ4n) is 6.97. The molecule has 7 atom stereocenters. The van der Waals surface area contributed by atoms with Gasteiger partial charge in [0.1, 0.15) is 5.60 Å². The Morgan fingerprint density at radius 1 is 1.08 bits per heavy atom. The third kappa shape index (κ3) is 2.01. The zero-order chi connectivity index (χ0) is 18.3. The summed E-state index contributed by atoms with van der Waals surface area (Å²) in [7, 11) is 0. The molecule has 2 unspecified atom stereocenters. The standard InChI is InChI=1S/C21H30O4/c1-18(7-4-14(22)5-8-18)15-10-13-11-19(2)9-6-17(24)21(19,25)20(13,3)12-16(15)23/h4,7,13,15-16,23,25H,5-6,8-12H2,1-3H3/t13?,15?,16-,18+,19-,20-,21+/m0/s1. The molecule has 4 nitrogen and oxygen atoms in total. The summed E-state index contributed by atoms with van der Waals surface area (Å²) in [5.74, 6) is 0.453. The molecule has 0 heterocycles. The second-order valence-electron chi connectivity index (χ2n) is 9.93. The molecule has 0 spiro atoms. The van der Waals surface area contributed by atoms with Crippen LogP contribution in [0.4, 0.5) is 0 Å². The minimum Gasteiger partial charge on any atom is -0.393 e. The first-order valence-corrected chi connectivity index (χ1v) is 9.72. The van der Waals surface area contributed by atoms with Gasteiger partial charge in [-0.25, -0.2) is 0 Å². The Morgan fingerprint density at radius 2 is 1.80 bits per heavy atom. The van der Waals surface area contributed by atoms with E-state index in [-0.39, 0.29) is 34.2 Å². The van der Waals surface area contributed by atoms with E-state index in [1.54, 1.807) is 6.08 Å². The number of hydrogen-bond acceptors (Lipinski definition) is 4. The van der Waals surface area contributed by atoms with E-state index in [1.807, 2.05) is 13.0 Å². The highest BCUT2D eigenvalue weighted by atomic mass is 16.3. The second kappa shape index (κ2) is 5.04. The van der Waals surface area contributed by atoms with Crippen molar-refractivity contribution in [2.45, 2.75) is 77.4 Å². The predicted octanol–water partition coefficient (Wildman–Crippen LogP) is 2.81. The van der Waals surface area contributed by atoms with Gasteiger partial charge in [-0.3, -0.25) is 9.59 Å². The summed E-state index contributed by atoms with van der Waals surface area (Å²) < 4.78 is 0. The van der Waals surface area contributed by atoms with E-state index in [0.29, 0.717) is 19.3 Å². The second-order valence-corrected chi connectivity index (χ2v) is 9.93. The third-order valence-electron chi connectivity index (χ3n) is 8.65. The molecular formula is C21H30O4. The topological polar surface area (TPSA) is 74.6 Å². The summed E-state index contributed by atoms with van der Waals surface area (Å²) in [6.45, 7) is 6.22. The van der Waals surface area contributed by atoms with Gasteiger partial charge in [0.25, 0.3) is 0 Å². The summed E-state index contributed by atoms with van der Waals surface area (Å²) >= 11 is 0. The smallest absolute Gasteiger partial charge is 0.165 e. The van der Waals surface area contributed by atoms with Gasteiger partial charge in [0.15, 0.2) is 11.6 Å². The van der Waals surface area contributed by atoms with Crippen molar-refractivity contribution in [2.24, 2.45) is 28.1 Å². The van der Waals surface area contributed by atoms with Crippen LogP contribution < -0.4 is 0 Å². The Hall–Kier alpha value is -1.00. The maximum atomic E-state index is 12.7. The van der Waals surface area contributed by atoms with Crippen LogP contribution in [0.15, 0.2) is 12.2 Å². The lowest BCUT2D eigenvalue weighted by Crippen LogP contribution is -2.59. The molecule has 3 fully saturated rings. The average molecular weight is 346 g/mol. The molecule has 0 aromatic rings. The molecule has 25 heavy (non-hydrogen) atoms. The van der Waals surface area contributed by atoms with Crippen molar-refractivity contribution in [3.8, 4) is 0 Å². The molecule has 0 amide bonds. The summed E-state index contributed by atoms with van der Waals surface area (Å²) in [5.41, 5.74) is -2.39. The van der Waals surface area contributed by atoms with Crippen LogP contribution in [0.5, 0.6) is 0 Å². The maximum Gasteiger partial charge on any atom is 0.165 e. The van der Waals surface area contributed by atoms with Gasteiger partial charge in [-0.05, 0) is 55.4 Å². The Kier molecular flexibility index (Phi) is 3.51. The van der Waals surface area contributed by atoms with E-state index < -0.39 is 17.1 Å². The molecular weight excluding hydrogens is 316 g/mol. The Labute approximate surface area is 149 Å². The highest BCUT2D eigenvalue weighted by molar-refractivity contribution is 5.92. The first-order valence-electron chi connectivity index (χ1n) is 9.72. The van der Waals surface area contributed by atoms with Crippen molar-refractivity contribution in [1.29, 1.82) is 0 Å². The molecule has 0 aromatic heterocycles. The van der Waals surface area contributed by atoms with E-state index in [1.165, 1.54) is 0 Å². The number of Topliss-reactive ketones (excluding diaryl/α,β-unsaturated/α-hetero) is 1. The first kappa shape index (κ1) is 17.4. The SMILES string of the molecule is C[C@@]12CCC(=O)[C@]1(O)[C@@]1(C)C[C@H](O)C([C@]3(C)C=CC(=O)CC3)CC1C2. The van der Waals surface area contributed by atoms with Crippen LogP contribution in [-0.2, 0) is 9.59 Å². The molecule has 138 valence electrons. The molecule has 4 aliphatic carbocycles. The number of rotatable bonds is 1. The molecule has 0 saturated heterocycles. The van der Waals surface area contributed by atoms with Gasteiger partial charge in [-0.15, -0.1) is 0 Å². The molecule has 0 bridgehead atoms. The van der Waals surface area contributed by atoms with Crippen LogP contribution in [0, 0.1) is 28.1 Å². The highest BCUT2D eigenvalue weighted by Crippen LogP contribution is 2.70. The fourth-order valence-corrected chi connectivity index (χ4v) is 6.97. The maximum absolute atomic E-state index is 12.7. The van der Waals surface area contributed by atoms with Crippen LogP contribution in [0.1, 0.15) is 65.7 Å². The first-order chi connectivity index (χ1) is 11.6. The van der Waals surface area contributed by atoms with Crippen LogP contribution in [-0.4, -0.2) is 33.5 Å². The van der Waals surface area contributed by atoms with Crippen LogP contribution in [0.25, 0.3) is 0 Å². The number of hydrogen-bond donors (Lipinski definition) is 2. The Balaban J connectivity index is 1.68. The van der Waals surface area contributed by atoms with E-state index in [4.69, 9.17) is 0 Å². The fraction of sp³-hybridized carbons (Fsp3) is 0.810. The van der Waals surface area contributed by atoms with Gasteiger partial charge in [0.05, 0.1) is 6.10 Å². The van der Waals surface area contributed by atoms with Gasteiger partial charge in [0, 0.05) is 23.7 Å². The summed E-state index contributed by atoms with van der Waals surface area (Å²) in [5, 5.41) is 22.5. The Morgan fingerprint density at radius 3 is 2.44 bits per heavy atom. The monoisotopic (exact) mass is 346 g/mol. The summed E-state index contributed by atoms with van der Waals surface area (Å²) in [4.78, 5) is 24.2. The molecule has 3 saturated carbocycles. The van der Waals surface area contributed by atoms with Crippen LogP contribution in [0.3, 0.4) is 0 Å². The molecule has 0 radical (unpaired) electrons. The number of ketones is 2. The van der Waals surface area contributed by atoms with Crippen LogP contribution in [0.2, 0.25) is 0 Å². The molecule has 0 aromatic carbocycles. The van der Waals surface area contributed by atoms with Crippen molar-refractivity contribution in [2.75, 3.05) is 0 Å². The minimum atomic E-state index is -1.30. The lowest BCUT2D eigenvalue weighted by atomic mass is 9.53. The van der Waals surface area contributed by atoms with Gasteiger partial charge < -0.3 is 10.2 Å². The van der Waals surface area contributed by atoms with Crippen molar-refractivity contribution in [1.82, 2.24) is 0 Å². The normalized spacial score (nSPS) is 55.3. The van der Waals surface area contributed by atoms with Gasteiger partial charge >= 0.3 is 0 Å². The Bertz CT molecular complexity index is 669. The van der Waals surface area contributed by atoms with E-state index >= 15 is 0 Å². The number of carbonyl (C=O) groups excluding carboxylic acids is 2. The van der Waals surface area contributed by atoms with Crippen molar-refractivity contribution < 1.29 is 19.8 Å². The van der Waals surface area contributed by atoms with E-state index in [2.05, 4.69) is 13.8 Å². The number of allylic oxidation sites excluding steroid dienone is 2. The molecule has 4 aliphatic rings. The largest absolute Gasteiger partial charge is 0.393 e. The number of aliphatic hydroxyl groups is 2. The summed E-state index contributed by atoms with van der Waals surface area (Å²) in [6.07, 6.45) is 7.77. The molecule has 4 heteroatoms. The van der Waals surface area contributed by atoms with Crippen molar-refractivity contribution in [3.63, 3.8) is 0 Å². The molecule has 4 rings (SSSR count). The van der Waals surface area contributed by atoms with Gasteiger partial charge in [-0.2, -0.15) is 0 Å². The molecule has 0 aliphatic heterocycles. The lowest BCUT2D eigenvalue weighted by molar-refractivity contribution is -0.172. The predicted molar refractivity (Wildman–Crippen MR) is 93.7 cm³/mol. The third-order valence-corrected chi connectivity index (χ3v) is 8.65. The van der Waals surface area contributed by atoms with Crippen molar-refractivity contribution in [3.05, 3.63) is 12.2 Å². The highest BCUT2D eigenvalue weighted by Gasteiger charge is 2.74. The molecule has 2 N–H and O–H groups in total. The van der Waals surface area contributed by atoms with E-state index in [9.17, 15) is 19.8 Å².